The molecule has 0 aliphatic rings. The van der Waals surface area contributed by atoms with Gasteiger partial charge in [-0.25, -0.2) is 4.39 Å². The van der Waals surface area contributed by atoms with Crippen molar-refractivity contribution in [1.29, 1.82) is 0 Å². The maximum atomic E-state index is 13.2. The predicted molar refractivity (Wildman–Crippen MR) is 45.6 cm³/mol. The summed E-state index contributed by atoms with van der Waals surface area (Å²) < 4.78 is 18.4. The molecule has 1 nitrogen and oxygen atoms in total. The molecule has 0 aliphatic heterocycles. The van der Waals surface area contributed by atoms with Gasteiger partial charge in [-0.2, -0.15) is 0 Å². The van der Waals surface area contributed by atoms with Crippen LogP contribution in [0.2, 0.25) is 0 Å². The third kappa shape index (κ3) is 0.843. The molecule has 1 aromatic heterocycles. The van der Waals surface area contributed by atoms with Gasteiger partial charge >= 0.3 is 0 Å². The fraction of sp³-hybridized carbons (Fsp3) is 0.200. The van der Waals surface area contributed by atoms with Gasteiger partial charge < -0.3 is 4.42 Å². The molecule has 2 aromatic rings. The summed E-state index contributed by atoms with van der Waals surface area (Å²) in [6.45, 7) is 3.75. The summed E-state index contributed by atoms with van der Waals surface area (Å²) in [6, 6.07) is 3.20. The van der Waals surface area contributed by atoms with Gasteiger partial charge in [-0.1, -0.05) is 6.07 Å². The van der Waals surface area contributed by atoms with Crippen molar-refractivity contribution >= 4 is 11.0 Å². The van der Waals surface area contributed by atoms with Crippen LogP contribution in [0.4, 0.5) is 4.39 Å². The molecule has 0 saturated heterocycles. The summed E-state index contributed by atoms with van der Waals surface area (Å²) in [6.07, 6.45) is 1.58. The van der Waals surface area contributed by atoms with Gasteiger partial charge in [-0.05, 0) is 31.0 Å². The number of fused-ring (bicyclic) bond motifs is 1. The topological polar surface area (TPSA) is 13.1 Å². The average Bonchev–Trinajstić information content (AvgIpc) is 2.42. The molecule has 0 unspecified atom stereocenters. The molecule has 2 rings (SSSR count). The number of hydrogen-bond donors (Lipinski definition) is 0. The molecule has 0 saturated carbocycles. The zero-order valence-corrected chi connectivity index (χ0v) is 7.02. The van der Waals surface area contributed by atoms with Crippen LogP contribution in [0.15, 0.2) is 22.8 Å². The van der Waals surface area contributed by atoms with Gasteiger partial charge in [0.1, 0.15) is 11.4 Å². The second kappa shape index (κ2) is 2.34. The molecule has 0 bridgehead atoms. The molecule has 1 heterocycles. The predicted octanol–water partition coefficient (Wildman–Crippen LogP) is 3.19. The number of rotatable bonds is 0. The van der Waals surface area contributed by atoms with E-state index in [4.69, 9.17) is 4.42 Å². The van der Waals surface area contributed by atoms with Gasteiger partial charge in [-0.3, -0.25) is 0 Å². The van der Waals surface area contributed by atoms with E-state index < -0.39 is 0 Å². The molecule has 0 atom stereocenters. The fourth-order valence-electron chi connectivity index (χ4n) is 1.39. The van der Waals surface area contributed by atoms with Crippen molar-refractivity contribution in [1.82, 2.24) is 0 Å². The molecule has 0 N–H and O–H groups in total. The van der Waals surface area contributed by atoms with Crippen LogP contribution in [0.1, 0.15) is 11.1 Å². The number of hydrogen-bond acceptors (Lipinski definition) is 1. The highest BCUT2D eigenvalue weighted by molar-refractivity contribution is 5.84. The van der Waals surface area contributed by atoms with Crippen molar-refractivity contribution < 1.29 is 8.81 Å². The Labute approximate surface area is 69.8 Å². The molecular formula is C10H9FO. The van der Waals surface area contributed by atoms with Crippen LogP contribution in [-0.2, 0) is 0 Å². The van der Waals surface area contributed by atoms with Crippen LogP contribution in [0.25, 0.3) is 11.0 Å². The molecule has 0 fully saturated rings. The smallest absolute Gasteiger partial charge is 0.139 e. The fourth-order valence-corrected chi connectivity index (χ4v) is 1.39. The van der Waals surface area contributed by atoms with Gasteiger partial charge in [-0.15, -0.1) is 0 Å². The van der Waals surface area contributed by atoms with E-state index in [0.717, 1.165) is 11.1 Å². The van der Waals surface area contributed by atoms with Crippen LogP contribution in [0.3, 0.4) is 0 Å². The highest BCUT2D eigenvalue weighted by atomic mass is 19.1. The molecule has 0 aliphatic carbocycles. The van der Waals surface area contributed by atoms with Gasteiger partial charge in [0.05, 0.1) is 11.6 Å². The average molecular weight is 164 g/mol. The quantitative estimate of drug-likeness (QED) is 0.582. The molecule has 0 radical (unpaired) electrons. The van der Waals surface area contributed by atoms with Gasteiger partial charge in [0.15, 0.2) is 0 Å². The van der Waals surface area contributed by atoms with Crippen molar-refractivity contribution in [3.63, 3.8) is 0 Å². The minimum atomic E-state index is -0.207. The maximum Gasteiger partial charge on any atom is 0.139 e. The Balaban J connectivity index is 2.98. The highest BCUT2D eigenvalue weighted by Gasteiger charge is 2.08. The third-order valence-corrected chi connectivity index (χ3v) is 2.05. The van der Waals surface area contributed by atoms with Crippen molar-refractivity contribution in [2.75, 3.05) is 0 Å². The first-order valence-corrected chi connectivity index (χ1v) is 3.83. The standard InChI is InChI=1S/C10H9FO/c1-6-3-4-8(11)9-7(2)5-12-10(6)9/h3-5H,1-2H3. The first kappa shape index (κ1) is 7.35. The van der Waals surface area contributed by atoms with E-state index in [1.807, 2.05) is 13.8 Å². The molecule has 0 spiro atoms. The molecule has 0 amide bonds. The first-order chi connectivity index (χ1) is 5.70. The summed E-state index contributed by atoms with van der Waals surface area (Å²) in [5.41, 5.74) is 2.48. The molecule has 12 heavy (non-hydrogen) atoms. The minimum absolute atomic E-state index is 0.207. The van der Waals surface area contributed by atoms with E-state index in [9.17, 15) is 4.39 Å². The Morgan fingerprint density at radius 2 is 1.92 bits per heavy atom. The van der Waals surface area contributed by atoms with Gasteiger partial charge in [0, 0.05) is 0 Å². The second-order valence-electron chi connectivity index (χ2n) is 2.99. The minimum Gasteiger partial charge on any atom is -0.464 e. The normalized spacial score (nSPS) is 10.9. The molecule has 1 aromatic carbocycles. The maximum absolute atomic E-state index is 13.2. The highest BCUT2D eigenvalue weighted by Crippen LogP contribution is 2.25. The summed E-state index contributed by atoms with van der Waals surface area (Å²) >= 11 is 0. The lowest BCUT2D eigenvalue weighted by atomic mass is 10.1. The lowest BCUT2D eigenvalue weighted by Gasteiger charge is -1.95. The van der Waals surface area contributed by atoms with E-state index >= 15 is 0 Å². The Bertz CT molecular complexity index is 429. The largest absolute Gasteiger partial charge is 0.464 e. The number of furan rings is 1. The van der Waals surface area contributed by atoms with Crippen molar-refractivity contribution in [3.8, 4) is 0 Å². The third-order valence-electron chi connectivity index (χ3n) is 2.05. The summed E-state index contributed by atoms with van der Waals surface area (Å²) in [4.78, 5) is 0. The van der Waals surface area contributed by atoms with Crippen molar-refractivity contribution in [2.45, 2.75) is 13.8 Å². The zero-order valence-electron chi connectivity index (χ0n) is 7.02. The summed E-state index contributed by atoms with van der Waals surface area (Å²) in [5.74, 6) is -0.207. The lowest BCUT2D eigenvalue weighted by Crippen LogP contribution is -1.80. The SMILES string of the molecule is Cc1ccc(F)c2c(C)coc12. The van der Waals surface area contributed by atoms with E-state index in [-0.39, 0.29) is 5.82 Å². The van der Waals surface area contributed by atoms with Gasteiger partial charge in [0.2, 0.25) is 0 Å². The van der Waals surface area contributed by atoms with Gasteiger partial charge in [0.25, 0.3) is 0 Å². The Morgan fingerprint density at radius 1 is 1.17 bits per heavy atom. The van der Waals surface area contributed by atoms with Crippen LogP contribution >= 0.6 is 0 Å². The second-order valence-corrected chi connectivity index (χ2v) is 2.99. The van der Waals surface area contributed by atoms with Crippen molar-refractivity contribution in [2.24, 2.45) is 0 Å². The number of benzene rings is 1. The van der Waals surface area contributed by atoms with E-state index in [1.54, 1.807) is 12.3 Å². The molecular weight excluding hydrogens is 155 g/mol. The van der Waals surface area contributed by atoms with Crippen LogP contribution < -0.4 is 0 Å². The molecule has 2 heteroatoms. The Hall–Kier alpha value is -1.31. The van der Waals surface area contributed by atoms with Crippen LogP contribution in [0.5, 0.6) is 0 Å². The lowest BCUT2D eigenvalue weighted by molar-refractivity contribution is 0.606. The van der Waals surface area contributed by atoms with E-state index in [2.05, 4.69) is 0 Å². The number of halogens is 1. The summed E-state index contributed by atoms with van der Waals surface area (Å²) in [5, 5.41) is 0.606. The van der Waals surface area contributed by atoms with Crippen molar-refractivity contribution in [3.05, 3.63) is 35.3 Å². The van der Waals surface area contributed by atoms with Crippen LogP contribution in [-0.4, -0.2) is 0 Å². The Morgan fingerprint density at radius 3 is 2.58 bits per heavy atom. The Kier molecular flexibility index (Phi) is 1.43. The monoisotopic (exact) mass is 164 g/mol. The van der Waals surface area contributed by atoms with E-state index in [0.29, 0.717) is 11.0 Å². The summed E-state index contributed by atoms with van der Waals surface area (Å²) in [7, 11) is 0. The number of aryl methyl sites for hydroxylation is 2. The van der Waals surface area contributed by atoms with Crippen LogP contribution in [0, 0.1) is 19.7 Å². The first-order valence-electron chi connectivity index (χ1n) is 3.83. The zero-order chi connectivity index (χ0) is 8.72. The molecule has 62 valence electrons. The van der Waals surface area contributed by atoms with E-state index in [1.165, 1.54) is 6.07 Å².